The van der Waals surface area contributed by atoms with Crippen molar-refractivity contribution in [2.75, 3.05) is 6.66 Å². The van der Waals surface area contributed by atoms with E-state index in [0.717, 1.165) is 8.27 Å². The highest BCUT2D eigenvalue weighted by Crippen LogP contribution is 2.26. The molecule has 0 aliphatic rings. The molecule has 0 heterocycles. The molecule has 22 valence electrons. The van der Waals surface area contributed by atoms with E-state index in [1.807, 2.05) is 0 Å². The Balaban J connectivity index is 1.97. The molecule has 2 unspecified atom stereocenters. The van der Waals surface area contributed by atoms with Gasteiger partial charge in [-0.3, -0.25) is 0 Å². The Hall–Kier alpha value is 0.925. The van der Waals surface area contributed by atoms with Crippen molar-refractivity contribution in [1.29, 1.82) is 0 Å². The number of hydrogen-bond donors (Lipinski definition) is 0. The summed E-state index contributed by atoms with van der Waals surface area (Å²) in [6, 6.07) is 0. The van der Waals surface area contributed by atoms with Gasteiger partial charge in [-0.1, -0.05) is 0 Å². The average molecular weight is 89.8 g/mol. The molecule has 0 aromatic heterocycles. The molecule has 0 spiro atoms. The highest BCUT2D eigenvalue weighted by molar-refractivity contribution is 8.22. The van der Waals surface area contributed by atoms with E-state index < -0.39 is 0 Å². The lowest BCUT2D eigenvalue weighted by molar-refractivity contribution is 2.51. The van der Waals surface area contributed by atoms with Crippen LogP contribution in [-0.2, 0) is 0 Å². The second kappa shape index (κ2) is 3.92. The molecule has 2 radical (unpaired) electrons. The SMILES string of the molecule is [B]PPC. The molecule has 0 bridgehead atoms. The summed E-state index contributed by atoms with van der Waals surface area (Å²) in [7, 11) is 6.68. The maximum atomic E-state index is 5.07. The van der Waals surface area contributed by atoms with Crippen LogP contribution < -0.4 is 0 Å². The van der Waals surface area contributed by atoms with Crippen LogP contribution in [0, 0.1) is 0 Å². The van der Waals surface area contributed by atoms with Gasteiger partial charge in [0.2, 0.25) is 0 Å². The summed E-state index contributed by atoms with van der Waals surface area (Å²) in [6.07, 6.45) is 0. The van der Waals surface area contributed by atoms with Crippen LogP contribution in [0.4, 0.5) is 0 Å². The molecule has 0 fully saturated rings. The molecule has 0 amide bonds. The van der Waals surface area contributed by atoms with Gasteiger partial charge in [-0.15, -0.1) is 16.4 Å². The first-order valence-corrected chi connectivity index (χ1v) is 4.62. The first-order valence-electron chi connectivity index (χ1n) is 1.04. The monoisotopic (exact) mass is 90.0 g/mol. The smallest absolute Gasteiger partial charge is 0.110 e. The standard InChI is InChI=1S/CH5BP2/c1-3-4-2/h3-4H,1H3. The first kappa shape index (κ1) is 4.92. The van der Waals surface area contributed by atoms with Crippen LogP contribution in [-0.4, -0.2) is 14.2 Å². The predicted molar refractivity (Wildman–Crippen MR) is 28.3 cm³/mol. The van der Waals surface area contributed by atoms with Gasteiger partial charge in [0, 0.05) is 0 Å². The fourth-order valence-electron chi connectivity index (χ4n) is 0. The van der Waals surface area contributed by atoms with Gasteiger partial charge < -0.3 is 0 Å². The second-order valence-electron chi connectivity index (χ2n) is 0.394. The third-order valence-electron chi connectivity index (χ3n) is 0.144. The van der Waals surface area contributed by atoms with Crippen LogP contribution in [0.3, 0.4) is 0 Å². The van der Waals surface area contributed by atoms with Crippen LogP contribution in [0.2, 0.25) is 0 Å². The lowest BCUT2D eigenvalue weighted by Crippen LogP contribution is -1.22. The van der Waals surface area contributed by atoms with Crippen LogP contribution in [0.5, 0.6) is 0 Å². The zero-order chi connectivity index (χ0) is 3.41. The van der Waals surface area contributed by atoms with Crippen LogP contribution >= 0.6 is 16.4 Å². The van der Waals surface area contributed by atoms with E-state index in [1.165, 1.54) is 0 Å². The van der Waals surface area contributed by atoms with Crippen molar-refractivity contribution in [3.8, 4) is 0 Å². The number of rotatable bonds is 1. The summed E-state index contributed by atoms with van der Waals surface area (Å²) >= 11 is 0. The van der Waals surface area contributed by atoms with E-state index in [9.17, 15) is 0 Å². The van der Waals surface area contributed by atoms with E-state index in [1.54, 1.807) is 0 Å². The molecule has 0 aliphatic heterocycles. The van der Waals surface area contributed by atoms with Gasteiger partial charge in [-0.05, 0) is 6.66 Å². The summed E-state index contributed by atoms with van der Waals surface area (Å²) in [5, 5.41) is 0. The van der Waals surface area contributed by atoms with Crippen molar-refractivity contribution in [3.63, 3.8) is 0 Å². The lowest BCUT2D eigenvalue weighted by atomic mass is 10.8. The van der Waals surface area contributed by atoms with Crippen molar-refractivity contribution in [2.45, 2.75) is 0 Å². The molecule has 0 rings (SSSR count). The molecule has 0 N–H and O–H groups in total. The molecule has 0 aromatic rings. The highest BCUT2D eigenvalue weighted by Gasteiger charge is 1.54. The van der Waals surface area contributed by atoms with Crippen LogP contribution in [0.15, 0.2) is 0 Å². The van der Waals surface area contributed by atoms with Crippen LogP contribution in [0.1, 0.15) is 0 Å². The van der Waals surface area contributed by atoms with E-state index >= 15 is 0 Å². The maximum Gasteiger partial charge on any atom is 0.110 e. The molecule has 0 nitrogen and oxygen atoms in total. The molecule has 0 aliphatic carbocycles. The Kier molecular flexibility index (Phi) is 4.83. The molecule has 0 aromatic carbocycles. The normalized spacial score (nSPS) is 13.2. The zero-order valence-electron chi connectivity index (χ0n) is 2.58. The summed E-state index contributed by atoms with van der Waals surface area (Å²) in [5.74, 6) is 0. The van der Waals surface area contributed by atoms with E-state index in [4.69, 9.17) is 7.57 Å². The van der Waals surface area contributed by atoms with Gasteiger partial charge in [0.15, 0.2) is 0 Å². The Morgan fingerprint density at radius 2 is 2.00 bits per heavy atom. The highest BCUT2D eigenvalue weighted by atomic mass is 32.0. The Labute approximate surface area is 31.6 Å². The maximum absolute atomic E-state index is 5.07. The minimum atomic E-state index is 0.668. The molecule has 0 saturated heterocycles. The third kappa shape index (κ3) is 2.92. The lowest BCUT2D eigenvalue weighted by Gasteiger charge is -1.71. The van der Waals surface area contributed by atoms with E-state index in [0.29, 0.717) is 8.15 Å². The predicted octanol–water partition coefficient (Wildman–Crippen LogP) is 0.972. The molecular weight excluding hydrogens is 84.8 g/mol. The van der Waals surface area contributed by atoms with Gasteiger partial charge in [0.25, 0.3) is 0 Å². The first-order chi connectivity index (χ1) is 1.91. The van der Waals surface area contributed by atoms with Crippen molar-refractivity contribution in [3.05, 3.63) is 0 Å². The van der Waals surface area contributed by atoms with E-state index in [-0.39, 0.29) is 0 Å². The third-order valence-corrected chi connectivity index (χ3v) is 1.30. The fraction of sp³-hybridized carbons (Fsp3) is 1.00. The van der Waals surface area contributed by atoms with Gasteiger partial charge in [0.05, 0.1) is 0 Å². The average Bonchev–Trinajstić information content (AvgIpc) is 1.37. The van der Waals surface area contributed by atoms with Gasteiger partial charge in [-0.2, -0.15) is 0 Å². The topological polar surface area (TPSA) is 0 Å². The molecular formula is CH5BP2. The quantitative estimate of drug-likeness (QED) is 0.332. The molecule has 4 heavy (non-hydrogen) atoms. The minimum absolute atomic E-state index is 0.668. The molecule has 3 heteroatoms. The van der Waals surface area contributed by atoms with Crippen molar-refractivity contribution in [1.82, 2.24) is 0 Å². The summed E-state index contributed by atoms with van der Waals surface area (Å²) in [5.41, 5.74) is 0. The largest absolute Gasteiger partial charge is 0.150 e. The van der Waals surface area contributed by atoms with Gasteiger partial charge >= 0.3 is 0 Å². The van der Waals surface area contributed by atoms with Crippen molar-refractivity contribution >= 4 is 24.0 Å². The molecule has 0 saturated carbocycles. The Morgan fingerprint density at radius 3 is 2.00 bits per heavy atom. The Bertz CT molecular complexity index is 8.00. The molecule has 2 atom stereocenters. The fourth-order valence-corrected chi connectivity index (χ4v) is 0. The zero-order valence-corrected chi connectivity index (χ0v) is 4.58. The minimum Gasteiger partial charge on any atom is -0.150 e. The van der Waals surface area contributed by atoms with Crippen molar-refractivity contribution < 1.29 is 0 Å². The van der Waals surface area contributed by atoms with Gasteiger partial charge in [-0.25, -0.2) is 0 Å². The Morgan fingerprint density at radius 1 is 1.75 bits per heavy atom. The van der Waals surface area contributed by atoms with E-state index in [2.05, 4.69) is 6.66 Å². The second-order valence-corrected chi connectivity index (χ2v) is 3.55. The summed E-state index contributed by atoms with van der Waals surface area (Å²) in [6.45, 7) is 2.10. The van der Waals surface area contributed by atoms with Crippen molar-refractivity contribution in [2.24, 2.45) is 0 Å². The summed E-state index contributed by atoms with van der Waals surface area (Å²) in [4.78, 5) is 0. The summed E-state index contributed by atoms with van der Waals surface area (Å²) < 4.78 is 0. The van der Waals surface area contributed by atoms with Crippen LogP contribution in [0.25, 0.3) is 0 Å². The number of hydrogen-bond acceptors (Lipinski definition) is 0. The van der Waals surface area contributed by atoms with Gasteiger partial charge in [0.1, 0.15) is 7.57 Å².